The summed E-state index contributed by atoms with van der Waals surface area (Å²) in [5.41, 5.74) is 0.725. The average molecular weight is 398 g/mol. The number of rotatable bonds is 7. The number of aliphatic carboxylic acids is 1. The zero-order valence-corrected chi connectivity index (χ0v) is 16.6. The van der Waals surface area contributed by atoms with E-state index in [-0.39, 0.29) is 29.5 Å². The van der Waals surface area contributed by atoms with Crippen molar-refractivity contribution in [3.05, 3.63) is 29.3 Å². The van der Waals surface area contributed by atoms with E-state index in [0.717, 1.165) is 0 Å². The minimum absolute atomic E-state index is 0.0796. The van der Waals surface area contributed by atoms with E-state index < -0.39 is 27.9 Å². The Hall–Kier alpha value is -1.97. The summed E-state index contributed by atoms with van der Waals surface area (Å²) >= 11 is 0. The standard InChI is InChI=1S/C18H26N2O6S/c1-4-13-5-6-14(17(21)19-16(12(2)3)18(22)23)11-15(13)27(24,25)20-7-9-26-10-8-20/h5-6,11-12,16H,4,7-10H2,1-3H3,(H,19,21)(H,22,23)/t16-/m0/s1. The van der Waals surface area contributed by atoms with Gasteiger partial charge in [0.1, 0.15) is 6.04 Å². The second kappa shape index (κ2) is 8.81. The number of carboxylic acid groups (broad SMARTS) is 1. The number of ether oxygens (including phenoxy) is 1. The highest BCUT2D eigenvalue weighted by Gasteiger charge is 2.30. The Balaban J connectivity index is 2.37. The molecule has 1 aromatic rings. The van der Waals surface area contributed by atoms with Crippen LogP contribution >= 0.6 is 0 Å². The van der Waals surface area contributed by atoms with E-state index in [1.807, 2.05) is 6.92 Å². The van der Waals surface area contributed by atoms with Gasteiger partial charge in [0.25, 0.3) is 5.91 Å². The molecule has 1 fully saturated rings. The Bertz CT molecular complexity index is 800. The smallest absolute Gasteiger partial charge is 0.326 e. The number of carbonyl (C=O) groups excluding carboxylic acids is 1. The fourth-order valence-corrected chi connectivity index (χ4v) is 4.62. The maximum Gasteiger partial charge on any atom is 0.326 e. The quantitative estimate of drug-likeness (QED) is 0.711. The van der Waals surface area contributed by atoms with Crippen molar-refractivity contribution in [1.29, 1.82) is 0 Å². The molecule has 150 valence electrons. The first kappa shape index (κ1) is 21.3. The molecular formula is C18H26N2O6S. The fraction of sp³-hybridized carbons (Fsp3) is 0.556. The number of carbonyl (C=O) groups is 2. The third-order valence-corrected chi connectivity index (χ3v) is 6.50. The van der Waals surface area contributed by atoms with Crippen molar-refractivity contribution in [2.75, 3.05) is 26.3 Å². The monoisotopic (exact) mass is 398 g/mol. The highest BCUT2D eigenvalue weighted by Crippen LogP contribution is 2.23. The van der Waals surface area contributed by atoms with Crippen LogP contribution in [-0.2, 0) is 26.0 Å². The van der Waals surface area contributed by atoms with Gasteiger partial charge < -0.3 is 15.2 Å². The third kappa shape index (κ3) is 4.85. The lowest BCUT2D eigenvalue weighted by atomic mass is 10.0. The molecule has 1 heterocycles. The van der Waals surface area contributed by atoms with E-state index >= 15 is 0 Å². The molecule has 0 saturated carbocycles. The lowest BCUT2D eigenvalue weighted by molar-refractivity contribution is -0.140. The minimum Gasteiger partial charge on any atom is -0.480 e. The lowest BCUT2D eigenvalue weighted by Gasteiger charge is -2.27. The number of nitrogens with zero attached hydrogens (tertiary/aromatic N) is 1. The minimum atomic E-state index is -3.76. The van der Waals surface area contributed by atoms with Crippen LogP contribution in [0.3, 0.4) is 0 Å². The van der Waals surface area contributed by atoms with Gasteiger partial charge in [-0.2, -0.15) is 4.31 Å². The van der Waals surface area contributed by atoms with Crippen molar-refractivity contribution in [2.24, 2.45) is 5.92 Å². The van der Waals surface area contributed by atoms with Gasteiger partial charge in [0.05, 0.1) is 18.1 Å². The normalized spacial score (nSPS) is 16.9. The van der Waals surface area contributed by atoms with E-state index in [2.05, 4.69) is 5.32 Å². The molecule has 1 amide bonds. The second-order valence-corrected chi connectivity index (χ2v) is 8.63. The molecule has 2 rings (SSSR count). The first-order valence-electron chi connectivity index (χ1n) is 8.93. The number of aryl methyl sites for hydroxylation is 1. The van der Waals surface area contributed by atoms with Gasteiger partial charge in [-0.05, 0) is 30.0 Å². The highest BCUT2D eigenvalue weighted by molar-refractivity contribution is 7.89. The van der Waals surface area contributed by atoms with Crippen LogP contribution in [0.4, 0.5) is 0 Å². The molecule has 2 N–H and O–H groups in total. The number of hydrogen-bond acceptors (Lipinski definition) is 5. The summed E-state index contributed by atoms with van der Waals surface area (Å²) in [5, 5.41) is 11.7. The summed E-state index contributed by atoms with van der Waals surface area (Å²) in [7, 11) is -3.76. The number of amides is 1. The van der Waals surface area contributed by atoms with E-state index in [1.165, 1.54) is 16.4 Å². The van der Waals surface area contributed by atoms with Crippen molar-refractivity contribution in [1.82, 2.24) is 9.62 Å². The predicted molar refractivity (Wildman–Crippen MR) is 99.1 cm³/mol. The van der Waals surface area contributed by atoms with Crippen LogP contribution in [0.15, 0.2) is 23.1 Å². The Morgan fingerprint density at radius 2 is 1.89 bits per heavy atom. The molecule has 0 aliphatic carbocycles. The van der Waals surface area contributed by atoms with Gasteiger partial charge in [-0.25, -0.2) is 13.2 Å². The number of benzene rings is 1. The van der Waals surface area contributed by atoms with Crippen molar-refractivity contribution in [2.45, 2.75) is 38.1 Å². The summed E-state index contributed by atoms with van der Waals surface area (Å²) in [5.74, 6) is -2.06. The van der Waals surface area contributed by atoms with Crippen LogP contribution in [0.25, 0.3) is 0 Å². The Kier molecular flexibility index (Phi) is 6.96. The van der Waals surface area contributed by atoms with Gasteiger partial charge in [0.2, 0.25) is 10.0 Å². The molecule has 27 heavy (non-hydrogen) atoms. The molecule has 1 aliphatic rings. The molecule has 1 aromatic carbocycles. The first-order chi connectivity index (χ1) is 12.7. The Labute approximate surface area is 159 Å². The number of sulfonamides is 1. The van der Waals surface area contributed by atoms with Gasteiger partial charge in [-0.1, -0.05) is 26.8 Å². The van der Waals surface area contributed by atoms with Gasteiger partial charge in [0, 0.05) is 18.7 Å². The van der Waals surface area contributed by atoms with Crippen LogP contribution in [0.5, 0.6) is 0 Å². The maximum atomic E-state index is 13.0. The van der Waals surface area contributed by atoms with Crippen molar-refractivity contribution in [3.8, 4) is 0 Å². The van der Waals surface area contributed by atoms with Gasteiger partial charge in [0.15, 0.2) is 0 Å². The molecule has 0 radical (unpaired) electrons. The molecule has 0 unspecified atom stereocenters. The van der Waals surface area contributed by atoms with E-state index in [0.29, 0.717) is 25.2 Å². The Morgan fingerprint density at radius 3 is 2.41 bits per heavy atom. The first-order valence-corrected chi connectivity index (χ1v) is 10.4. The van der Waals surface area contributed by atoms with E-state index in [1.54, 1.807) is 19.9 Å². The number of morpholine rings is 1. The lowest BCUT2D eigenvalue weighted by Crippen LogP contribution is -2.44. The van der Waals surface area contributed by atoms with Crippen molar-refractivity contribution >= 4 is 21.9 Å². The molecule has 1 saturated heterocycles. The summed E-state index contributed by atoms with van der Waals surface area (Å²) in [6.45, 7) is 6.39. The molecule has 8 nitrogen and oxygen atoms in total. The number of carboxylic acids is 1. The largest absolute Gasteiger partial charge is 0.480 e. The fourth-order valence-electron chi connectivity index (χ4n) is 2.89. The zero-order chi connectivity index (χ0) is 20.2. The number of nitrogens with one attached hydrogen (secondary N) is 1. The maximum absolute atomic E-state index is 13.0. The molecule has 1 aliphatic heterocycles. The van der Waals surface area contributed by atoms with Crippen LogP contribution in [-0.4, -0.2) is 62.1 Å². The number of hydrogen-bond donors (Lipinski definition) is 2. The van der Waals surface area contributed by atoms with E-state index in [4.69, 9.17) is 4.74 Å². The molecule has 1 atom stereocenters. The molecule has 0 bridgehead atoms. The average Bonchev–Trinajstić information content (AvgIpc) is 2.65. The summed E-state index contributed by atoms with van der Waals surface area (Å²) in [6, 6.07) is 3.40. The second-order valence-electron chi connectivity index (χ2n) is 6.73. The molecular weight excluding hydrogens is 372 g/mol. The predicted octanol–water partition coefficient (Wildman–Crippen LogP) is 1.11. The zero-order valence-electron chi connectivity index (χ0n) is 15.8. The van der Waals surface area contributed by atoms with Gasteiger partial charge in [-0.3, -0.25) is 4.79 Å². The van der Waals surface area contributed by atoms with Crippen LogP contribution in [0.1, 0.15) is 36.7 Å². The molecule has 0 aromatic heterocycles. The summed E-state index contributed by atoms with van der Waals surface area (Å²) in [4.78, 5) is 23.9. The topological polar surface area (TPSA) is 113 Å². The van der Waals surface area contributed by atoms with Crippen LogP contribution in [0.2, 0.25) is 0 Å². The Morgan fingerprint density at radius 1 is 1.26 bits per heavy atom. The highest BCUT2D eigenvalue weighted by atomic mass is 32.2. The van der Waals surface area contributed by atoms with Gasteiger partial charge >= 0.3 is 5.97 Å². The molecule has 9 heteroatoms. The summed E-state index contributed by atoms with van der Waals surface area (Å²) < 4.78 is 32.6. The van der Waals surface area contributed by atoms with Gasteiger partial charge in [-0.15, -0.1) is 0 Å². The van der Waals surface area contributed by atoms with Crippen LogP contribution < -0.4 is 5.32 Å². The van der Waals surface area contributed by atoms with Crippen molar-refractivity contribution in [3.63, 3.8) is 0 Å². The molecule has 0 spiro atoms. The van der Waals surface area contributed by atoms with E-state index in [9.17, 15) is 23.1 Å². The SMILES string of the molecule is CCc1ccc(C(=O)N[C@H](C(=O)O)C(C)C)cc1S(=O)(=O)N1CCOCC1. The third-order valence-electron chi connectivity index (χ3n) is 4.52. The van der Waals surface area contributed by atoms with Crippen molar-refractivity contribution < 1.29 is 27.9 Å². The van der Waals surface area contributed by atoms with Crippen LogP contribution in [0, 0.1) is 5.92 Å². The summed E-state index contributed by atoms with van der Waals surface area (Å²) in [6.07, 6.45) is 0.491.